The predicted octanol–water partition coefficient (Wildman–Crippen LogP) is 3.51. The van der Waals surface area contributed by atoms with Gasteiger partial charge in [0.15, 0.2) is 0 Å². The van der Waals surface area contributed by atoms with E-state index in [4.69, 9.17) is 0 Å². The van der Waals surface area contributed by atoms with Crippen LogP contribution < -0.4 is 0 Å². The number of nitriles is 1. The second-order valence-electron chi connectivity index (χ2n) is 4.95. The third-order valence-electron chi connectivity index (χ3n) is 3.91. The van der Waals surface area contributed by atoms with Crippen molar-refractivity contribution in [2.45, 2.75) is 43.4 Å². The first-order valence-electron chi connectivity index (χ1n) is 5.86. The molecule has 2 fully saturated rings. The minimum absolute atomic E-state index is 0.134. The van der Waals surface area contributed by atoms with E-state index in [1.165, 1.54) is 30.4 Å². The lowest BCUT2D eigenvalue weighted by molar-refractivity contribution is 0.324. The van der Waals surface area contributed by atoms with E-state index in [1.54, 1.807) is 0 Å². The SMILES string of the molecule is N#CC1(c2cccc(C3CC3)c2)CCC1. The fraction of sp³-hybridized carbons (Fsp3) is 0.500. The van der Waals surface area contributed by atoms with Crippen LogP contribution >= 0.6 is 0 Å². The number of hydrogen-bond donors (Lipinski definition) is 0. The summed E-state index contributed by atoms with van der Waals surface area (Å²) in [7, 11) is 0. The summed E-state index contributed by atoms with van der Waals surface area (Å²) in [5.74, 6) is 0.792. The van der Waals surface area contributed by atoms with Gasteiger partial charge in [-0.1, -0.05) is 24.3 Å². The molecule has 0 aromatic heterocycles. The van der Waals surface area contributed by atoms with Gasteiger partial charge in [-0.05, 0) is 49.1 Å². The Balaban J connectivity index is 1.97. The average Bonchev–Trinajstić information content (AvgIpc) is 3.01. The number of hydrogen-bond acceptors (Lipinski definition) is 1. The molecule has 0 saturated heterocycles. The molecule has 0 heterocycles. The van der Waals surface area contributed by atoms with Crippen LogP contribution in [0.25, 0.3) is 0 Å². The molecule has 1 aromatic carbocycles. The van der Waals surface area contributed by atoms with Crippen LogP contribution in [0.3, 0.4) is 0 Å². The quantitative estimate of drug-likeness (QED) is 0.711. The van der Waals surface area contributed by atoms with Crippen LogP contribution in [0.1, 0.15) is 49.1 Å². The number of rotatable bonds is 2. The molecule has 0 aliphatic heterocycles. The second-order valence-corrected chi connectivity index (χ2v) is 4.95. The first-order valence-corrected chi connectivity index (χ1v) is 5.86. The van der Waals surface area contributed by atoms with Gasteiger partial charge in [0.2, 0.25) is 0 Å². The maximum absolute atomic E-state index is 9.29. The van der Waals surface area contributed by atoms with E-state index >= 15 is 0 Å². The van der Waals surface area contributed by atoms with Crippen LogP contribution in [0.5, 0.6) is 0 Å². The van der Waals surface area contributed by atoms with Crippen LogP contribution in [0.4, 0.5) is 0 Å². The van der Waals surface area contributed by atoms with Gasteiger partial charge in [0, 0.05) is 0 Å². The van der Waals surface area contributed by atoms with Crippen molar-refractivity contribution in [1.82, 2.24) is 0 Å². The zero-order valence-corrected chi connectivity index (χ0v) is 8.87. The first kappa shape index (κ1) is 8.97. The Hall–Kier alpha value is -1.29. The lowest BCUT2D eigenvalue weighted by Crippen LogP contribution is -2.32. The van der Waals surface area contributed by atoms with Crippen LogP contribution in [-0.2, 0) is 5.41 Å². The molecular formula is C14H15N. The normalized spacial score (nSPS) is 22.9. The predicted molar refractivity (Wildman–Crippen MR) is 59.6 cm³/mol. The minimum Gasteiger partial charge on any atom is -0.197 e. The van der Waals surface area contributed by atoms with Gasteiger partial charge in [-0.15, -0.1) is 0 Å². The zero-order chi connectivity index (χ0) is 10.3. The lowest BCUT2D eigenvalue weighted by atomic mass is 9.65. The molecule has 15 heavy (non-hydrogen) atoms. The summed E-state index contributed by atoms with van der Waals surface area (Å²) in [5, 5.41) is 9.29. The summed E-state index contributed by atoms with van der Waals surface area (Å²) in [6.07, 6.45) is 5.99. The largest absolute Gasteiger partial charge is 0.197 e. The van der Waals surface area contributed by atoms with E-state index in [1.807, 2.05) is 0 Å². The average molecular weight is 197 g/mol. The van der Waals surface area contributed by atoms with E-state index in [2.05, 4.69) is 30.3 Å². The highest BCUT2D eigenvalue weighted by molar-refractivity contribution is 5.39. The third kappa shape index (κ3) is 1.36. The van der Waals surface area contributed by atoms with Crippen LogP contribution in [0, 0.1) is 11.3 Å². The minimum atomic E-state index is -0.134. The van der Waals surface area contributed by atoms with Crippen molar-refractivity contribution in [3.8, 4) is 6.07 Å². The van der Waals surface area contributed by atoms with Gasteiger partial charge < -0.3 is 0 Å². The third-order valence-corrected chi connectivity index (χ3v) is 3.91. The molecule has 0 spiro atoms. The summed E-state index contributed by atoms with van der Waals surface area (Å²) >= 11 is 0. The molecule has 0 N–H and O–H groups in total. The molecule has 2 aliphatic carbocycles. The number of nitrogens with zero attached hydrogens (tertiary/aromatic N) is 1. The van der Waals surface area contributed by atoms with Crippen LogP contribution in [-0.4, -0.2) is 0 Å². The van der Waals surface area contributed by atoms with Crippen molar-refractivity contribution in [3.05, 3.63) is 35.4 Å². The molecule has 1 aromatic rings. The molecule has 0 radical (unpaired) electrons. The van der Waals surface area contributed by atoms with Gasteiger partial charge in [0.05, 0.1) is 11.5 Å². The van der Waals surface area contributed by atoms with Gasteiger partial charge in [-0.2, -0.15) is 5.26 Å². The summed E-state index contributed by atoms with van der Waals surface area (Å²) in [4.78, 5) is 0. The van der Waals surface area contributed by atoms with E-state index in [0.29, 0.717) is 0 Å². The molecule has 2 aliphatic rings. The Morgan fingerprint density at radius 1 is 1.27 bits per heavy atom. The molecule has 1 heteroatoms. The Labute approximate surface area is 90.7 Å². The summed E-state index contributed by atoms with van der Waals surface area (Å²) in [6.45, 7) is 0. The highest BCUT2D eigenvalue weighted by atomic mass is 14.4. The van der Waals surface area contributed by atoms with Crippen molar-refractivity contribution < 1.29 is 0 Å². The van der Waals surface area contributed by atoms with Gasteiger partial charge in [-0.3, -0.25) is 0 Å². The smallest absolute Gasteiger partial charge is 0.0822 e. The van der Waals surface area contributed by atoms with Crippen LogP contribution in [0.15, 0.2) is 24.3 Å². The topological polar surface area (TPSA) is 23.8 Å². The first-order chi connectivity index (χ1) is 7.34. The van der Waals surface area contributed by atoms with Gasteiger partial charge in [-0.25, -0.2) is 0 Å². The van der Waals surface area contributed by atoms with Gasteiger partial charge >= 0.3 is 0 Å². The molecule has 76 valence electrons. The van der Waals surface area contributed by atoms with Gasteiger partial charge in [0.1, 0.15) is 0 Å². The summed E-state index contributed by atoms with van der Waals surface area (Å²) in [6, 6.07) is 11.3. The Morgan fingerprint density at radius 2 is 2.07 bits per heavy atom. The molecule has 1 nitrogen and oxygen atoms in total. The van der Waals surface area contributed by atoms with E-state index < -0.39 is 0 Å². The summed E-state index contributed by atoms with van der Waals surface area (Å²) in [5.41, 5.74) is 2.58. The highest BCUT2D eigenvalue weighted by Gasteiger charge is 2.39. The molecule has 3 rings (SSSR count). The van der Waals surface area contributed by atoms with E-state index in [9.17, 15) is 5.26 Å². The van der Waals surface area contributed by atoms with Gasteiger partial charge in [0.25, 0.3) is 0 Å². The molecular weight excluding hydrogens is 182 g/mol. The van der Waals surface area contributed by atoms with E-state index in [-0.39, 0.29) is 5.41 Å². The monoisotopic (exact) mass is 197 g/mol. The summed E-state index contributed by atoms with van der Waals surface area (Å²) < 4.78 is 0. The standard InChI is InChI=1S/C14H15N/c15-10-14(7-2-8-14)13-4-1-3-12(9-13)11-5-6-11/h1,3-4,9,11H,2,5-8H2. The molecule has 0 atom stereocenters. The zero-order valence-electron chi connectivity index (χ0n) is 8.87. The van der Waals surface area contributed by atoms with Crippen molar-refractivity contribution in [3.63, 3.8) is 0 Å². The Kier molecular flexibility index (Phi) is 1.85. The maximum atomic E-state index is 9.29. The van der Waals surface area contributed by atoms with Crippen molar-refractivity contribution in [1.29, 1.82) is 5.26 Å². The molecule has 0 bridgehead atoms. The van der Waals surface area contributed by atoms with Crippen molar-refractivity contribution >= 4 is 0 Å². The van der Waals surface area contributed by atoms with E-state index in [0.717, 1.165) is 18.8 Å². The van der Waals surface area contributed by atoms with Crippen molar-refractivity contribution in [2.24, 2.45) is 0 Å². The molecule has 0 amide bonds. The van der Waals surface area contributed by atoms with Crippen LogP contribution in [0.2, 0.25) is 0 Å². The maximum Gasteiger partial charge on any atom is 0.0822 e. The second kappa shape index (κ2) is 3.10. The Bertz CT molecular complexity index is 419. The van der Waals surface area contributed by atoms with Crippen molar-refractivity contribution in [2.75, 3.05) is 0 Å². The lowest BCUT2D eigenvalue weighted by Gasteiger charge is -2.35. The fourth-order valence-corrected chi connectivity index (χ4v) is 2.50. The highest BCUT2D eigenvalue weighted by Crippen LogP contribution is 2.46. The fourth-order valence-electron chi connectivity index (χ4n) is 2.50. The molecule has 0 unspecified atom stereocenters. The number of benzene rings is 1. The molecule has 2 saturated carbocycles. The Morgan fingerprint density at radius 3 is 2.60 bits per heavy atom.